The minimum absolute atomic E-state index is 0.579. The number of rotatable bonds is 12. The van der Waals surface area contributed by atoms with Crippen molar-refractivity contribution in [3.63, 3.8) is 0 Å². The van der Waals surface area contributed by atoms with Gasteiger partial charge in [0.05, 0.1) is 0 Å². The van der Waals surface area contributed by atoms with Crippen molar-refractivity contribution < 1.29 is 0 Å². The van der Waals surface area contributed by atoms with E-state index in [0.29, 0.717) is 23.7 Å². The highest BCUT2D eigenvalue weighted by Gasteiger charge is 2.18. The van der Waals surface area contributed by atoms with E-state index in [4.69, 9.17) is 0 Å². The molecule has 0 fully saturated rings. The summed E-state index contributed by atoms with van der Waals surface area (Å²) in [5.74, 6) is 4.48. The summed E-state index contributed by atoms with van der Waals surface area (Å²) >= 11 is 9.85. The van der Waals surface area contributed by atoms with Crippen LogP contribution in [0.5, 0.6) is 0 Å². The Morgan fingerprint density at radius 2 is 0.848 bits per heavy atom. The van der Waals surface area contributed by atoms with Crippen LogP contribution in [0.3, 0.4) is 0 Å². The van der Waals surface area contributed by atoms with Gasteiger partial charge >= 0.3 is 0 Å². The van der Waals surface area contributed by atoms with Gasteiger partial charge in [0.15, 0.2) is 0 Å². The first-order chi connectivity index (χ1) is 15.7. The number of benzene rings is 2. The van der Waals surface area contributed by atoms with Gasteiger partial charge in [-0.15, -0.1) is 0 Å². The van der Waals surface area contributed by atoms with Crippen molar-refractivity contribution in [3.8, 4) is 0 Å². The van der Waals surface area contributed by atoms with Gasteiger partial charge in [-0.1, -0.05) is 99.4 Å². The Morgan fingerprint density at radius 3 is 1.15 bits per heavy atom. The van der Waals surface area contributed by atoms with Crippen LogP contribution in [-0.4, -0.2) is 0 Å². The lowest BCUT2D eigenvalue weighted by molar-refractivity contribution is 0.710. The van der Waals surface area contributed by atoms with E-state index < -0.39 is 0 Å². The first kappa shape index (κ1) is 29.0. The van der Waals surface area contributed by atoms with Crippen LogP contribution < -0.4 is 0 Å². The molecule has 0 saturated carbocycles. The summed E-state index contributed by atoms with van der Waals surface area (Å²) in [7, 11) is 0. The average molecular weight is 597 g/mol. The average Bonchev–Trinajstić information content (AvgIpc) is 2.83. The van der Waals surface area contributed by atoms with Gasteiger partial charge in [-0.05, 0) is 94.9 Å². The SMILES string of the molecule is CCC(C)c1cc(CSCc2cc(C(C)CC)c(Br)cc2C(C)CC)c(C(C)CC)cc1Br. The summed E-state index contributed by atoms with van der Waals surface area (Å²) in [5, 5.41) is 0. The van der Waals surface area contributed by atoms with E-state index in [0.717, 1.165) is 11.5 Å². The monoisotopic (exact) mass is 594 g/mol. The van der Waals surface area contributed by atoms with Gasteiger partial charge in [-0.3, -0.25) is 0 Å². The fourth-order valence-corrected chi connectivity index (χ4v) is 6.92. The van der Waals surface area contributed by atoms with E-state index in [1.807, 2.05) is 0 Å². The van der Waals surface area contributed by atoms with E-state index >= 15 is 0 Å². The Hall–Kier alpha value is -0.250. The maximum Gasteiger partial charge on any atom is 0.0213 e. The third-order valence-corrected chi connectivity index (χ3v) is 10.0. The first-order valence-corrected chi connectivity index (χ1v) is 15.6. The number of thioether (sulfide) groups is 1. The Morgan fingerprint density at radius 1 is 0.545 bits per heavy atom. The quantitative estimate of drug-likeness (QED) is 0.235. The lowest BCUT2D eigenvalue weighted by Crippen LogP contribution is -2.04. The molecule has 0 nitrogen and oxygen atoms in total. The van der Waals surface area contributed by atoms with Crippen molar-refractivity contribution in [1.82, 2.24) is 0 Å². The molecule has 2 rings (SSSR count). The molecule has 0 spiro atoms. The van der Waals surface area contributed by atoms with Gasteiger partial charge in [-0.2, -0.15) is 11.8 Å². The predicted molar refractivity (Wildman–Crippen MR) is 158 cm³/mol. The number of hydrogen-bond acceptors (Lipinski definition) is 1. The molecule has 2 aromatic rings. The van der Waals surface area contributed by atoms with Crippen molar-refractivity contribution >= 4 is 43.6 Å². The van der Waals surface area contributed by atoms with Crippen molar-refractivity contribution in [2.24, 2.45) is 0 Å². The van der Waals surface area contributed by atoms with Crippen LogP contribution in [0.15, 0.2) is 33.2 Å². The summed E-state index contributed by atoms with van der Waals surface area (Å²) in [6.07, 6.45) is 4.69. The van der Waals surface area contributed by atoms with Gasteiger partial charge in [0.2, 0.25) is 0 Å². The fraction of sp³-hybridized carbons (Fsp3) is 0.600. The van der Waals surface area contributed by atoms with Crippen LogP contribution >= 0.6 is 43.6 Å². The molecule has 0 aromatic heterocycles. The zero-order chi connectivity index (χ0) is 24.7. The molecule has 0 aliphatic carbocycles. The van der Waals surface area contributed by atoms with Crippen molar-refractivity contribution in [2.45, 2.75) is 116 Å². The van der Waals surface area contributed by atoms with Crippen molar-refractivity contribution in [3.05, 3.63) is 66.6 Å². The van der Waals surface area contributed by atoms with Gasteiger partial charge in [0.1, 0.15) is 0 Å². The standard InChI is InChI=1S/C30H44Br2S/c1-9-19(5)25-15-29(31)27(21(7)11-3)13-23(25)17-33-18-24-14-28(22(8)12-4)30(32)16-26(24)20(6)10-2/h13-16,19-22H,9-12,17-18H2,1-8H3. The molecule has 4 unspecified atom stereocenters. The van der Waals surface area contributed by atoms with E-state index in [-0.39, 0.29) is 0 Å². The van der Waals surface area contributed by atoms with E-state index in [2.05, 4.69) is 123 Å². The van der Waals surface area contributed by atoms with E-state index in [9.17, 15) is 0 Å². The van der Waals surface area contributed by atoms with Crippen molar-refractivity contribution in [2.75, 3.05) is 0 Å². The molecule has 0 radical (unpaired) electrons. The minimum atomic E-state index is 0.579. The summed E-state index contributed by atoms with van der Waals surface area (Å²) < 4.78 is 2.57. The van der Waals surface area contributed by atoms with E-state index in [1.165, 1.54) is 68.0 Å². The highest BCUT2D eigenvalue weighted by atomic mass is 79.9. The molecule has 2 aromatic carbocycles. The van der Waals surface area contributed by atoms with Gasteiger partial charge in [0.25, 0.3) is 0 Å². The Kier molecular flexibility index (Phi) is 12.1. The molecule has 0 amide bonds. The van der Waals surface area contributed by atoms with Crippen LogP contribution in [-0.2, 0) is 11.5 Å². The second-order valence-corrected chi connectivity index (χ2v) is 12.6. The molecule has 33 heavy (non-hydrogen) atoms. The normalized spacial score (nSPS) is 15.3. The molecular formula is C30H44Br2S. The summed E-state index contributed by atoms with van der Waals surface area (Å²) in [6, 6.07) is 9.82. The lowest BCUT2D eigenvalue weighted by Gasteiger charge is -2.22. The van der Waals surface area contributed by atoms with Crippen LogP contribution in [0.4, 0.5) is 0 Å². The highest BCUT2D eigenvalue weighted by molar-refractivity contribution is 9.10. The van der Waals surface area contributed by atoms with E-state index in [1.54, 1.807) is 0 Å². The summed E-state index contributed by atoms with van der Waals surface area (Å²) in [4.78, 5) is 0. The topological polar surface area (TPSA) is 0 Å². The summed E-state index contributed by atoms with van der Waals surface area (Å²) in [6.45, 7) is 18.6. The second kappa shape index (κ2) is 13.7. The van der Waals surface area contributed by atoms with Gasteiger partial charge in [-0.25, -0.2) is 0 Å². The van der Waals surface area contributed by atoms with Crippen LogP contribution in [0.25, 0.3) is 0 Å². The minimum Gasteiger partial charge on any atom is -0.152 e. The molecule has 0 aliphatic rings. The third kappa shape index (κ3) is 7.37. The maximum atomic E-state index is 3.88. The Balaban J connectivity index is 2.36. The zero-order valence-corrected chi connectivity index (χ0v) is 26.0. The number of hydrogen-bond donors (Lipinski definition) is 0. The van der Waals surface area contributed by atoms with Crippen molar-refractivity contribution in [1.29, 1.82) is 0 Å². The van der Waals surface area contributed by atoms with Crippen LogP contribution in [0, 0.1) is 0 Å². The third-order valence-electron chi connectivity index (χ3n) is 7.61. The zero-order valence-electron chi connectivity index (χ0n) is 22.0. The lowest BCUT2D eigenvalue weighted by atomic mass is 9.89. The Labute approximate surface area is 225 Å². The molecular weight excluding hydrogens is 552 g/mol. The van der Waals surface area contributed by atoms with Gasteiger partial charge in [0, 0.05) is 20.5 Å². The summed E-state index contributed by atoms with van der Waals surface area (Å²) in [5.41, 5.74) is 9.00. The molecule has 3 heteroatoms. The molecule has 0 N–H and O–H groups in total. The second-order valence-electron chi connectivity index (χ2n) is 9.88. The smallest absolute Gasteiger partial charge is 0.0213 e. The van der Waals surface area contributed by atoms with Crippen LogP contribution in [0.1, 0.15) is 138 Å². The molecule has 0 bridgehead atoms. The molecule has 0 aliphatic heterocycles. The maximum absolute atomic E-state index is 3.88. The largest absolute Gasteiger partial charge is 0.152 e. The molecule has 0 heterocycles. The first-order valence-electron chi connectivity index (χ1n) is 12.9. The fourth-order valence-electron chi connectivity index (χ4n) is 4.38. The highest BCUT2D eigenvalue weighted by Crippen LogP contribution is 2.38. The van der Waals surface area contributed by atoms with Gasteiger partial charge < -0.3 is 0 Å². The molecule has 184 valence electrons. The number of halogens is 2. The molecule has 0 saturated heterocycles. The Bertz CT molecular complexity index is 831. The van der Waals surface area contributed by atoms with Crippen LogP contribution in [0.2, 0.25) is 0 Å². The predicted octanol–water partition coefficient (Wildman–Crippen LogP) is 11.7. The molecule has 4 atom stereocenters.